The first-order valence-corrected chi connectivity index (χ1v) is 8.66. The lowest BCUT2D eigenvalue weighted by Crippen LogP contribution is -2.40. The van der Waals surface area contributed by atoms with E-state index in [1.165, 1.54) is 24.0 Å². The molecule has 0 spiro atoms. The van der Waals surface area contributed by atoms with E-state index < -0.39 is 0 Å². The zero-order valence-corrected chi connectivity index (χ0v) is 14.2. The molecule has 1 aromatic heterocycles. The van der Waals surface area contributed by atoms with Crippen LogP contribution in [0.5, 0.6) is 0 Å². The Bertz CT molecular complexity index is 654. The minimum atomic E-state index is 0.0923. The van der Waals surface area contributed by atoms with Gasteiger partial charge in [-0.05, 0) is 49.9 Å². The first kappa shape index (κ1) is 16.7. The third kappa shape index (κ3) is 4.65. The van der Waals surface area contributed by atoms with E-state index in [0.29, 0.717) is 19.1 Å². The molecule has 0 aliphatic carbocycles. The Kier molecular flexibility index (Phi) is 5.59. The predicted molar refractivity (Wildman–Crippen MR) is 95.6 cm³/mol. The predicted octanol–water partition coefficient (Wildman–Crippen LogP) is 2.71. The standard InChI is InChI=1S/C20H25N3O/c1-16-6-8-17(9-7-16)12-19-5-3-11-23(19)15-20(24)22-14-18-4-2-10-21-13-18/h2,4,6-10,13,19H,3,5,11-12,14-15H2,1H3,(H,22,24)/t19-/m1/s1. The van der Waals surface area contributed by atoms with Crippen molar-refractivity contribution in [3.8, 4) is 0 Å². The quantitative estimate of drug-likeness (QED) is 0.889. The van der Waals surface area contributed by atoms with Crippen LogP contribution in [0.3, 0.4) is 0 Å². The number of nitrogens with zero attached hydrogens (tertiary/aromatic N) is 2. The van der Waals surface area contributed by atoms with Crippen LogP contribution in [-0.2, 0) is 17.8 Å². The number of rotatable bonds is 6. The molecule has 1 N–H and O–H groups in total. The van der Waals surface area contributed by atoms with Gasteiger partial charge in [0.1, 0.15) is 0 Å². The van der Waals surface area contributed by atoms with Crippen LogP contribution < -0.4 is 5.32 Å². The Morgan fingerprint density at radius 1 is 1.25 bits per heavy atom. The Balaban J connectivity index is 1.50. The van der Waals surface area contributed by atoms with Gasteiger partial charge in [-0.1, -0.05) is 35.9 Å². The molecule has 1 atom stereocenters. The largest absolute Gasteiger partial charge is 0.351 e. The second-order valence-electron chi connectivity index (χ2n) is 6.59. The number of hydrogen-bond acceptors (Lipinski definition) is 3. The van der Waals surface area contributed by atoms with Crippen molar-refractivity contribution in [2.75, 3.05) is 13.1 Å². The molecule has 1 aromatic carbocycles. The van der Waals surface area contributed by atoms with Crippen molar-refractivity contribution in [2.24, 2.45) is 0 Å². The SMILES string of the molecule is Cc1ccc(C[C@H]2CCCN2CC(=O)NCc2cccnc2)cc1. The molecule has 2 heterocycles. The molecule has 0 saturated carbocycles. The van der Waals surface area contributed by atoms with E-state index in [-0.39, 0.29) is 5.91 Å². The maximum atomic E-state index is 12.2. The highest BCUT2D eigenvalue weighted by Crippen LogP contribution is 2.21. The lowest BCUT2D eigenvalue weighted by Gasteiger charge is -2.24. The van der Waals surface area contributed by atoms with Crippen LogP contribution in [0.25, 0.3) is 0 Å². The minimum absolute atomic E-state index is 0.0923. The maximum absolute atomic E-state index is 12.2. The average molecular weight is 323 g/mol. The van der Waals surface area contributed by atoms with Gasteiger partial charge in [-0.2, -0.15) is 0 Å². The molecule has 1 fully saturated rings. The summed E-state index contributed by atoms with van der Waals surface area (Å²) in [6, 6.07) is 13.1. The van der Waals surface area contributed by atoms with Gasteiger partial charge < -0.3 is 5.32 Å². The van der Waals surface area contributed by atoms with Gasteiger partial charge in [-0.15, -0.1) is 0 Å². The zero-order valence-electron chi connectivity index (χ0n) is 14.2. The normalized spacial score (nSPS) is 17.8. The monoisotopic (exact) mass is 323 g/mol. The highest BCUT2D eigenvalue weighted by molar-refractivity contribution is 5.78. The van der Waals surface area contributed by atoms with Gasteiger partial charge in [0, 0.05) is 25.0 Å². The van der Waals surface area contributed by atoms with E-state index >= 15 is 0 Å². The summed E-state index contributed by atoms with van der Waals surface area (Å²) in [6.45, 7) is 4.15. The van der Waals surface area contributed by atoms with E-state index in [1.54, 1.807) is 12.4 Å². The Labute approximate surface area is 143 Å². The molecule has 3 rings (SSSR count). The third-order valence-electron chi connectivity index (χ3n) is 4.65. The third-order valence-corrected chi connectivity index (χ3v) is 4.65. The van der Waals surface area contributed by atoms with Crippen LogP contribution in [0.15, 0.2) is 48.8 Å². The van der Waals surface area contributed by atoms with E-state index in [0.717, 1.165) is 18.5 Å². The van der Waals surface area contributed by atoms with Crippen molar-refractivity contribution in [1.29, 1.82) is 0 Å². The van der Waals surface area contributed by atoms with Crippen molar-refractivity contribution >= 4 is 5.91 Å². The maximum Gasteiger partial charge on any atom is 0.234 e. The molecule has 1 amide bonds. The van der Waals surface area contributed by atoms with Crippen molar-refractivity contribution in [3.63, 3.8) is 0 Å². The van der Waals surface area contributed by atoms with E-state index in [9.17, 15) is 4.79 Å². The van der Waals surface area contributed by atoms with Crippen LogP contribution in [0, 0.1) is 6.92 Å². The summed E-state index contributed by atoms with van der Waals surface area (Å²) >= 11 is 0. The molecule has 4 heteroatoms. The first-order chi connectivity index (χ1) is 11.7. The van der Waals surface area contributed by atoms with Gasteiger partial charge in [0.15, 0.2) is 0 Å². The summed E-state index contributed by atoms with van der Waals surface area (Å²) in [5, 5.41) is 3.00. The van der Waals surface area contributed by atoms with Gasteiger partial charge in [0.25, 0.3) is 0 Å². The van der Waals surface area contributed by atoms with Crippen LogP contribution in [0.1, 0.15) is 29.5 Å². The van der Waals surface area contributed by atoms with Gasteiger partial charge in [-0.25, -0.2) is 0 Å². The van der Waals surface area contributed by atoms with Crippen LogP contribution in [0.2, 0.25) is 0 Å². The summed E-state index contributed by atoms with van der Waals surface area (Å²) in [4.78, 5) is 18.6. The highest BCUT2D eigenvalue weighted by Gasteiger charge is 2.26. The molecular weight excluding hydrogens is 298 g/mol. The molecule has 1 aliphatic rings. The van der Waals surface area contributed by atoms with Gasteiger partial charge in [-0.3, -0.25) is 14.7 Å². The summed E-state index contributed by atoms with van der Waals surface area (Å²) in [7, 11) is 0. The topological polar surface area (TPSA) is 45.2 Å². The van der Waals surface area contributed by atoms with E-state index in [1.807, 2.05) is 12.1 Å². The molecule has 0 unspecified atom stereocenters. The van der Waals surface area contributed by atoms with Crippen LogP contribution in [0.4, 0.5) is 0 Å². The number of aromatic nitrogens is 1. The van der Waals surface area contributed by atoms with E-state index in [2.05, 4.69) is 46.4 Å². The lowest BCUT2D eigenvalue weighted by atomic mass is 10.0. The van der Waals surface area contributed by atoms with Crippen LogP contribution in [-0.4, -0.2) is 34.9 Å². The molecule has 4 nitrogen and oxygen atoms in total. The van der Waals surface area contributed by atoms with Crippen LogP contribution >= 0.6 is 0 Å². The van der Waals surface area contributed by atoms with Crippen molar-refractivity contribution < 1.29 is 4.79 Å². The fourth-order valence-corrected chi connectivity index (χ4v) is 3.27. The van der Waals surface area contributed by atoms with Crippen molar-refractivity contribution in [2.45, 2.75) is 38.8 Å². The fourth-order valence-electron chi connectivity index (χ4n) is 3.27. The first-order valence-electron chi connectivity index (χ1n) is 8.66. The molecule has 0 bridgehead atoms. The molecule has 1 saturated heterocycles. The Morgan fingerprint density at radius 2 is 2.08 bits per heavy atom. The molecule has 2 aromatic rings. The Morgan fingerprint density at radius 3 is 2.83 bits per heavy atom. The fraction of sp³-hybridized carbons (Fsp3) is 0.400. The summed E-state index contributed by atoms with van der Waals surface area (Å²) in [5.41, 5.74) is 3.67. The number of carbonyl (C=O) groups is 1. The lowest BCUT2D eigenvalue weighted by molar-refractivity contribution is -0.122. The number of amides is 1. The summed E-state index contributed by atoms with van der Waals surface area (Å²) in [5.74, 6) is 0.0923. The number of nitrogens with one attached hydrogen (secondary N) is 1. The smallest absolute Gasteiger partial charge is 0.234 e. The second kappa shape index (κ2) is 8.06. The summed E-state index contributed by atoms with van der Waals surface area (Å²) < 4.78 is 0. The number of pyridine rings is 1. The molecule has 0 radical (unpaired) electrons. The molecule has 1 aliphatic heterocycles. The second-order valence-corrected chi connectivity index (χ2v) is 6.59. The van der Waals surface area contributed by atoms with E-state index in [4.69, 9.17) is 0 Å². The minimum Gasteiger partial charge on any atom is -0.351 e. The van der Waals surface area contributed by atoms with Gasteiger partial charge in [0.05, 0.1) is 6.54 Å². The van der Waals surface area contributed by atoms with Crippen molar-refractivity contribution in [3.05, 3.63) is 65.5 Å². The molecule has 24 heavy (non-hydrogen) atoms. The van der Waals surface area contributed by atoms with Crippen molar-refractivity contribution in [1.82, 2.24) is 15.2 Å². The number of benzene rings is 1. The van der Waals surface area contributed by atoms with Gasteiger partial charge >= 0.3 is 0 Å². The molecule has 126 valence electrons. The summed E-state index contributed by atoms with van der Waals surface area (Å²) in [6.07, 6.45) is 6.90. The molecular formula is C20H25N3O. The number of carbonyl (C=O) groups excluding carboxylic acids is 1. The Hall–Kier alpha value is -2.20. The number of hydrogen-bond donors (Lipinski definition) is 1. The number of aryl methyl sites for hydroxylation is 1. The number of likely N-dealkylation sites (tertiary alicyclic amines) is 1. The van der Waals surface area contributed by atoms with Gasteiger partial charge in [0.2, 0.25) is 5.91 Å². The zero-order chi connectivity index (χ0) is 16.8. The average Bonchev–Trinajstić information content (AvgIpc) is 3.03. The highest BCUT2D eigenvalue weighted by atomic mass is 16.2.